The highest BCUT2D eigenvalue weighted by Crippen LogP contribution is 2.43. The van der Waals surface area contributed by atoms with Gasteiger partial charge in [-0.15, -0.1) is 0 Å². The standard InChI is InChI=1S/C24H14BrClN4O8S/c1-37-20-9-12(7-16-22(31)27-24(39)28(23(16)32)14-4-2-3-13(26)10-14)8-17(25)21(20)38-19-6-5-15(29(33)34)11-18(19)30(35)36/h2-11H,1H3,(H,27,31,39)/b16-7+. The Bertz CT molecular complexity index is 1610. The number of hydrogen-bond acceptors (Lipinski definition) is 9. The van der Waals surface area contributed by atoms with Gasteiger partial charge in [-0.3, -0.25) is 40.0 Å². The van der Waals surface area contributed by atoms with Gasteiger partial charge < -0.3 is 9.47 Å². The number of anilines is 1. The number of hydrogen-bond donors (Lipinski definition) is 1. The highest BCUT2D eigenvalue weighted by molar-refractivity contribution is 9.10. The third kappa shape index (κ3) is 5.72. The average molecular weight is 634 g/mol. The summed E-state index contributed by atoms with van der Waals surface area (Å²) in [5, 5.41) is 25.2. The van der Waals surface area contributed by atoms with Gasteiger partial charge in [0.15, 0.2) is 16.6 Å². The molecule has 1 aliphatic rings. The molecule has 0 aliphatic carbocycles. The van der Waals surface area contributed by atoms with Gasteiger partial charge in [0.1, 0.15) is 5.57 Å². The number of nitro groups is 2. The fourth-order valence-corrected chi connectivity index (χ4v) is 4.56. The molecule has 0 radical (unpaired) electrons. The number of methoxy groups -OCH3 is 1. The number of carbonyl (C=O) groups excluding carboxylic acids is 2. The van der Waals surface area contributed by atoms with Gasteiger partial charge in [-0.2, -0.15) is 0 Å². The van der Waals surface area contributed by atoms with Crippen molar-refractivity contribution in [2.24, 2.45) is 0 Å². The van der Waals surface area contributed by atoms with E-state index in [4.69, 9.17) is 33.3 Å². The fourth-order valence-electron chi connectivity index (χ4n) is 3.55. The Balaban J connectivity index is 1.72. The van der Waals surface area contributed by atoms with Gasteiger partial charge in [0.05, 0.1) is 33.2 Å². The number of nitro benzene ring substituents is 2. The Morgan fingerprint density at radius 2 is 1.79 bits per heavy atom. The molecule has 3 aromatic rings. The number of rotatable bonds is 7. The number of thiocarbonyl (C=S) groups is 1. The van der Waals surface area contributed by atoms with E-state index in [0.29, 0.717) is 16.3 Å². The summed E-state index contributed by atoms with van der Waals surface area (Å²) in [7, 11) is 1.31. The fraction of sp³-hybridized carbons (Fsp3) is 0.0417. The topological polar surface area (TPSA) is 154 Å². The van der Waals surface area contributed by atoms with E-state index in [1.165, 1.54) is 31.4 Å². The Morgan fingerprint density at radius 1 is 1.05 bits per heavy atom. The third-order valence-electron chi connectivity index (χ3n) is 5.29. The molecule has 0 saturated carbocycles. The molecule has 0 bridgehead atoms. The molecular weight excluding hydrogens is 620 g/mol. The highest BCUT2D eigenvalue weighted by atomic mass is 79.9. The molecule has 0 spiro atoms. The lowest BCUT2D eigenvalue weighted by molar-refractivity contribution is -0.394. The van der Waals surface area contributed by atoms with Gasteiger partial charge in [0, 0.05) is 11.1 Å². The summed E-state index contributed by atoms with van der Waals surface area (Å²) < 4.78 is 11.3. The van der Waals surface area contributed by atoms with Crippen molar-refractivity contribution in [1.82, 2.24) is 5.32 Å². The summed E-state index contributed by atoms with van der Waals surface area (Å²) in [5.41, 5.74) is -0.663. The molecule has 15 heteroatoms. The van der Waals surface area contributed by atoms with Crippen molar-refractivity contribution in [3.05, 3.63) is 95.5 Å². The van der Waals surface area contributed by atoms with E-state index in [1.54, 1.807) is 18.2 Å². The maximum Gasteiger partial charge on any atom is 0.318 e. The normalized spacial score (nSPS) is 14.3. The van der Waals surface area contributed by atoms with E-state index < -0.39 is 33.0 Å². The first-order valence-corrected chi connectivity index (χ1v) is 12.2. The second-order valence-electron chi connectivity index (χ2n) is 7.74. The first kappa shape index (κ1) is 27.6. The summed E-state index contributed by atoms with van der Waals surface area (Å²) in [4.78, 5) is 48.0. The van der Waals surface area contributed by atoms with Crippen molar-refractivity contribution >= 4 is 79.8 Å². The molecule has 1 N–H and O–H groups in total. The summed E-state index contributed by atoms with van der Waals surface area (Å²) in [5.74, 6) is -1.60. The van der Waals surface area contributed by atoms with Gasteiger partial charge in [0.25, 0.3) is 17.5 Å². The molecule has 1 fully saturated rings. The van der Waals surface area contributed by atoms with E-state index in [0.717, 1.165) is 23.1 Å². The Hall–Kier alpha value is -4.40. The third-order valence-corrected chi connectivity index (χ3v) is 6.40. The second-order valence-corrected chi connectivity index (χ2v) is 9.42. The van der Waals surface area contributed by atoms with Gasteiger partial charge >= 0.3 is 5.69 Å². The van der Waals surface area contributed by atoms with Crippen molar-refractivity contribution in [2.75, 3.05) is 12.0 Å². The summed E-state index contributed by atoms with van der Waals surface area (Å²) in [6, 6.07) is 12.2. The van der Waals surface area contributed by atoms with Gasteiger partial charge in [-0.1, -0.05) is 17.7 Å². The van der Waals surface area contributed by atoms with Crippen LogP contribution in [-0.4, -0.2) is 33.9 Å². The zero-order valence-corrected chi connectivity index (χ0v) is 22.7. The number of nitrogens with one attached hydrogen (secondary N) is 1. The van der Waals surface area contributed by atoms with Crippen LogP contribution in [0, 0.1) is 20.2 Å². The monoisotopic (exact) mass is 632 g/mol. The van der Waals surface area contributed by atoms with Crippen LogP contribution < -0.4 is 19.7 Å². The molecule has 0 aromatic heterocycles. The molecule has 1 aliphatic heterocycles. The largest absolute Gasteiger partial charge is 0.493 e. The van der Waals surface area contributed by atoms with Crippen LogP contribution in [-0.2, 0) is 9.59 Å². The minimum Gasteiger partial charge on any atom is -0.493 e. The molecule has 3 aromatic carbocycles. The van der Waals surface area contributed by atoms with Crippen LogP contribution in [0.25, 0.3) is 6.08 Å². The highest BCUT2D eigenvalue weighted by Gasteiger charge is 2.34. The quantitative estimate of drug-likeness (QED) is 0.116. The lowest BCUT2D eigenvalue weighted by atomic mass is 10.1. The molecule has 198 valence electrons. The van der Waals surface area contributed by atoms with Crippen molar-refractivity contribution in [3.63, 3.8) is 0 Å². The lowest BCUT2D eigenvalue weighted by Gasteiger charge is -2.29. The smallest absolute Gasteiger partial charge is 0.318 e. The van der Waals surface area contributed by atoms with E-state index in [1.807, 2.05) is 0 Å². The lowest BCUT2D eigenvalue weighted by Crippen LogP contribution is -2.54. The minimum atomic E-state index is -0.815. The Morgan fingerprint density at radius 3 is 2.44 bits per heavy atom. The van der Waals surface area contributed by atoms with Crippen molar-refractivity contribution in [3.8, 4) is 17.2 Å². The van der Waals surface area contributed by atoms with Crippen LogP contribution in [0.2, 0.25) is 5.02 Å². The zero-order chi connectivity index (χ0) is 28.4. The predicted octanol–water partition coefficient (Wildman–Crippen LogP) is 5.55. The van der Waals surface area contributed by atoms with Crippen LogP contribution >= 0.6 is 39.7 Å². The average Bonchev–Trinajstić information content (AvgIpc) is 2.87. The number of amides is 2. The molecule has 12 nitrogen and oxygen atoms in total. The molecule has 39 heavy (non-hydrogen) atoms. The molecule has 1 saturated heterocycles. The Kier molecular flexibility index (Phi) is 7.90. The van der Waals surface area contributed by atoms with E-state index >= 15 is 0 Å². The van der Waals surface area contributed by atoms with Crippen LogP contribution in [0.1, 0.15) is 5.56 Å². The second kappa shape index (κ2) is 11.1. The number of halogens is 2. The number of nitrogens with zero attached hydrogens (tertiary/aromatic N) is 3. The van der Waals surface area contributed by atoms with Gasteiger partial charge in [-0.05, 0) is 76.2 Å². The van der Waals surface area contributed by atoms with Gasteiger partial charge in [0.2, 0.25) is 5.75 Å². The SMILES string of the molecule is COc1cc(/C=C2\C(=O)NC(=S)N(c3cccc(Cl)c3)C2=O)cc(Br)c1Oc1ccc([N+](=O)[O-])cc1[N+](=O)[O-]. The molecule has 2 amide bonds. The first-order chi connectivity index (χ1) is 18.5. The van der Waals surface area contributed by atoms with Crippen LogP contribution in [0.4, 0.5) is 17.1 Å². The van der Waals surface area contributed by atoms with Gasteiger partial charge in [-0.25, -0.2) is 0 Å². The first-order valence-electron chi connectivity index (χ1n) is 10.7. The maximum absolute atomic E-state index is 13.3. The van der Waals surface area contributed by atoms with Crippen LogP contribution in [0.5, 0.6) is 17.2 Å². The molecule has 4 rings (SSSR count). The van der Waals surface area contributed by atoms with E-state index in [9.17, 15) is 29.8 Å². The maximum atomic E-state index is 13.3. The van der Waals surface area contributed by atoms with E-state index in [2.05, 4.69) is 21.2 Å². The number of benzene rings is 3. The van der Waals surface area contributed by atoms with E-state index in [-0.39, 0.29) is 32.4 Å². The molecule has 0 unspecified atom stereocenters. The van der Waals surface area contributed by atoms with Crippen LogP contribution in [0.15, 0.2) is 64.6 Å². The molecular formula is C24H14BrClN4O8S. The molecule has 0 atom stereocenters. The summed E-state index contributed by atoms with van der Waals surface area (Å²) >= 11 is 14.5. The number of non-ortho nitro benzene ring substituents is 1. The number of carbonyl (C=O) groups is 2. The summed E-state index contributed by atoms with van der Waals surface area (Å²) in [6.07, 6.45) is 1.31. The van der Waals surface area contributed by atoms with Crippen molar-refractivity contribution < 1.29 is 28.9 Å². The van der Waals surface area contributed by atoms with Crippen LogP contribution in [0.3, 0.4) is 0 Å². The summed E-state index contributed by atoms with van der Waals surface area (Å²) in [6.45, 7) is 0. The van der Waals surface area contributed by atoms with Crippen molar-refractivity contribution in [2.45, 2.75) is 0 Å². The minimum absolute atomic E-state index is 0.0118. The van der Waals surface area contributed by atoms with Crippen molar-refractivity contribution in [1.29, 1.82) is 0 Å². The zero-order valence-electron chi connectivity index (χ0n) is 19.5. The number of ether oxygens (including phenoxy) is 2. The molecule has 1 heterocycles. The Labute approximate surface area is 238 Å². The predicted molar refractivity (Wildman–Crippen MR) is 148 cm³/mol.